The van der Waals surface area contributed by atoms with Crippen LogP contribution in [0.1, 0.15) is 29.8 Å². The van der Waals surface area contributed by atoms with E-state index in [4.69, 9.17) is 0 Å². The Morgan fingerprint density at radius 3 is 2.59 bits per heavy atom. The average molecular weight is 379 g/mol. The first-order chi connectivity index (χ1) is 12.8. The molecule has 0 unspecified atom stereocenters. The summed E-state index contributed by atoms with van der Waals surface area (Å²) in [5.41, 5.74) is 0.184. The molecule has 6 nitrogen and oxygen atoms in total. The lowest BCUT2D eigenvalue weighted by atomic mass is 10.1. The van der Waals surface area contributed by atoms with E-state index in [9.17, 15) is 18.0 Å². The maximum absolute atomic E-state index is 13.0. The van der Waals surface area contributed by atoms with Gasteiger partial charge < -0.3 is 15.5 Å². The molecule has 144 valence electrons. The summed E-state index contributed by atoms with van der Waals surface area (Å²) in [6, 6.07) is 5.85. The number of amides is 2. The van der Waals surface area contributed by atoms with E-state index in [0.29, 0.717) is 11.6 Å². The molecule has 0 saturated carbocycles. The van der Waals surface area contributed by atoms with Gasteiger partial charge in [-0.05, 0) is 38.0 Å². The van der Waals surface area contributed by atoms with E-state index in [2.05, 4.69) is 25.5 Å². The van der Waals surface area contributed by atoms with Crippen molar-refractivity contribution in [3.8, 4) is 0 Å². The summed E-state index contributed by atoms with van der Waals surface area (Å²) < 4.78 is 39.0. The molecule has 1 aromatic heterocycles. The van der Waals surface area contributed by atoms with Gasteiger partial charge in [0.1, 0.15) is 0 Å². The third-order valence-corrected chi connectivity index (χ3v) is 4.20. The minimum Gasteiger partial charge on any atom is -0.341 e. The molecule has 27 heavy (non-hydrogen) atoms. The summed E-state index contributed by atoms with van der Waals surface area (Å²) in [5, 5.41) is 4.79. The summed E-state index contributed by atoms with van der Waals surface area (Å²) >= 11 is 0. The largest absolute Gasteiger partial charge is 0.418 e. The van der Waals surface area contributed by atoms with Crippen molar-refractivity contribution in [2.75, 3.05) is 23.3 Å². The molecule has 0 radical (unpaired) electrons. The van der Waals surface area contributed by atoms with Crippen LogP contribution < -0.4 is 15.5 Å². The summed E-state index contributed by atoms with van der Waals surface area (Å²) in [4.78, 5) is 23.0. The number of anilines is 2. The van der Waals surface area contributed by atoms with Crippen LogP contribution in [0.15, 0.2) is 30.3 Å². The molecular formula is C18H20F3N5O. The lowest BCUT2D eigenvalue weighted by molar-refractivity contribution is -0.136. The first kappa shape index (κ1) is 18.9. The van der Waals surface area contributed by atoms with Crippen LogP contribution >= 0.6 is 0 Å². The van der Waals surface area contributed by atoms with Gasteiger partial charge in [0.25, 0.3) is 0 Å². The topological polar surface area (TPSA) is 70.2 Å². The zero-order valence-electron chi connectivity index (χ0n) is 14.8. The number of alkyl halides is 3. The van der Waals surface area contributed by atoms with Crippen molar-refractivity contribution in [1.29, 1.82) is 0 Å². The molecule has 2 N–H and O–H groups in total. The van der Waals surface area contributed by atoms with Gasteiger partial charge in [-0.1, -0.05) is 12.1 Å². The number of carbonyl (C=O) groups excluding carboxylic acids is 1. The Hall–Kier alpha value is -2.84. The number of para-hydroxylation sites is 1. The monoisotopic (exact) mass is 379 g/mol. The summed E-state index contributed by atoms with van der Waals surface area (Å²) in [6.45, 7) is 3.71. The average Bonchev–Trinajstić information content (AvgIpc) is 3.14. The molecule has 0 spiro atoms. The quantitative estimate of drug-likeness (QED) is 0.849. The highest BCUT2D eigenvalue weighted by Crippen LogP contribution is 2.34. The van der Waals surface area contributed by atoms with Crippen LogP contribution in [0.4, 0.5) is 29.6 Å². The maximum Gasteiger partial charge on any atom is 0.418 e. The number of benzene rings is 1. The molecule has 0 bridgehead atoms. The Labute approximate surface area is 154 Å². The standard InChI is InChI=1S/C18H20F3N5O/c1-12-10-13(24-16(23-12)26-8-4-5-9-26)11-22-17(27)25-15-7-3-2-6-14(15)18(19,20)21/h2-3,6-7,10H,4-5,8-9,11H2,1H3,(H2,22,25,27). The highest BCUT2D eigenvalue weighted by Gasteiger charge is 2.33. The van der Waals surface area contributed by atoms with Gasteiger partial charge in [-0.15, -0.1) is 0 Å². The van der Waals surface area contributed by atoms with Crippen molar-refractivity contribution < 1.29 is 18.0 Å². The highest BCUT2D eigenvalue weighted by atomic mass is 19.4. The summed E-state index contributed by atoms with van der Waals surface area (Å²) in [6.07, 6.45) is -2.36. The van der Waals surface area contributed by atoms with E-state index < -0.39 is 17.8 Å². The van der Waals surface area contributed by atoms with Gasteiger partial charge >= 0.3 is 12.2 Å². The number of halogens is 3. The zero-order valence-corrected chi connectivity index (χ0v) is 14.8. The zero-order chi connectivity index (χ0) is 19.4. The molecule has 1 aliphatic rings. The van der Waals surface area contributed by atoms with E-state index in [1.165, 1.54) is 18.2 Å². The lowest BCUT2D eigenvalue weighted by Gasteiger charge is -2.17. The van der Waals surface area contributed by atoms with E-state index in [1.807, 2.05) is 6.92 Å². The number of aromatic nitrogens is 2. The number of carbonyl (C=O) groups is 1. The second kappa shape index (κ2) is 7.81. The van der Waals surface area contributed by atoms with Crippen molar-refractivity contribution in [1.82, 2.24) is 15.3 Å². The van der Waals surface area contributed by atoms with Crippen LogP contribution in [0.25, 0.3) is 0 Å². The molecule has 1 aromatic carbocycles. The Morgan fingerprint density at radius 1 is 1.19 bits per heavy atom. The van der Waals surface area contributed by atoms with E-state index in [1.54, 1.807) is 6.07 Å². The van der Waals surface area contributed by atoms with Gasteiger partial charge in [-0.25, -0.2) is 14.8 Å². The minimum absolute atomic E-state index is 0.0875. The second-order valence-electron chi connectivity index (χ2n) is 6.35. The SMILES string of the molecule is Cc1cc(CNC(=O)Nc2ccccc2C(F)(F)F)nc(N2CCCC2)n1. The second-order valence-corrected chi connectivity index (χ2v) is 6.35. The lowest BCUT2D eigenvalue weighted by Crippen LogP contribution is -2.30. The van der Waals surface area contributed by atoms with Crippen LogP contribution in [-0.2, 0) is 12.7 Å². The normalized spacial score (nSPS) is 14.3. The van der Waals surface area contributed by atoms with Crippen molar-refractivity contribution in [2.45, 2.75) is 32.5 Å². The molecule has 0 atom stereocenters. The Morgan fingerprint density at radius 2 is 1.89 bits per heavy atom. The number of aryl methyl sites for hydroxylation is 1. The molecule has 3 rings (SSSR count). The third-order valence-electron chi connectivity index (χ3n) is 4.20. The number of nitrogens with one attached hydrogen (secondary N) is 2. The number of hydrogen-bond acceptors (Lipinski definition) is 4. The third kappa shape index (κ3) is 4.87. The van der Waals surface area contributed by atoms with Crippen molar-refractivity contribution >= 4 is 17.7 Å². The van der Waals surface area contributed by atoms with E-state index in [0.717, 1.165) is 37.7 Å². The van der Waals surface area contributed by atoms with Gasteiger partial charge in [0.15, 0.2) is 0 Å². The first-order valence-electron chi connectivity index (χ1n) is 8.63. The Balaban J connectivity index is 1.65. The number of urea groups is 1. The van der Waals surface area contributed by atoms with Crippen molar-refractivity contribution in [2.24, 2.45) is 0 Å². The van der Waals surface area contributed by atoms with Crippen LogP contribution in [0.3, 0.4) is 0 Å². The molecule has 2 amide bonds. The van der Waals surface area contributed by atoms with Crippen LogP contribution in [-0.4, -0.2) is 29.1 Å². The summed E-state index contributed by atoms with van der Waals surface area (Å²) in [5.74, 6) is 0.618. The number of hydrogen-bond donors (Lipinski definition) is 2. The smallest absolute Gasteiger partial charge is 0.341 e. The fourth-order valence-corrected chi connectivity index (χ4v) is 2.94. The van der Waals surface area contributed by atoms with Gasteiger partial charge in [0, 0.05) is 18.8 Å². The van der Waals surface area contributed by atoms with Crippen molar-refractivity contribution in [3.63, 3.8) is 0 Å². The molecule has 9 heteroatoms. The predicted molar refractivity (Wildman–Crippen MR) is 95.5 cm³/mol. The Kier molecular flexibility index (Phi) is 5.48. The van der Waals surface area contributed by atoms with Crippen molar-refractivity contribution in [3.05, 3.63) is 47.3 Å². The van der Waals surface area contributed by atoms with E-state index >= 15 is 0 Å². The number of nitrogens with zero attached hydrogens (tertiary/aromatic N) is 3. The molecule has 0 aliphatic carbocycles. The fourth-order valence-electron chi connectivity index (χ4n) is 2.94. The maximum atomic E-state index is 13.0. The molecule has 2 heterocycles. The van der Waals surface area contributed by atoms with Gasteiger partial charge in [0.05, 0.1) is 23.5 Å². The molecule has 1 saturated heterocycles. The number of rotatable bonds is 4. The van der Waals surface area contributed by atoms with Gasteiger partial charge in [0.2, 0.25) is 5.95 Å². The molecule has 1 aliphatic heterocycles. The van der Waals surface area contributed by atoms with Gasteiger partial charge in [-0.2, -0.15) is 13.2 Å². The van der Waals surface area contributed by atoms with E-state index in [-0.39, 0.29) is 12.2 Å². The fraction of sp³-hybridized carbons (Fsp3) is 0.389. The van der Waals surface area contributed by atoms with Crippen LogP contribution in [0.2, 0.25) is 0 Å². The Bertz CT molecular complexity index is 819. The van der Waals surface area contributed by atoms with Crippen LogP contribution in [0, 0.1) is 6.92 Å². The molecular weight excluding hydrogens is 359 g/mol. The minimum atomic E-state index is -4.54. The van der Waals surface area contributed by atoms with Crippen LogP contribution in [0.5, 0.6) is 0 Å². The molecule has 2 aromatic rings. The summed E-state index contributed by atoms with van der Waals surface area (Å²) in [7, 11) is 0. The molecule has 1 fully saturated rings. The first-order valence-corrected chi connectivity index (χ1v) is 8.63. The highest BCUT2D eigenvalue weighted by molar-refractivity contribution is 5.90. The van der Waals surface area contributed by atoms with Gasteiger partial charge in [-0.3, -0.25) is 0 Å². The predicted octanol–water partition coefficient (Wildman–Crippen LogP) is 3.73.